The van der Waals surface area contributed by atoms with Crippen LogP contribution in [0.4, 0.5) is 0 Å². The summed E-state index contributed by atoms with van der Waals surface area (Å²) < 4.78 is 0. The van der Waals surface area contributed by atoms with Gasteiger partial charge in [-0.05, 0) is 52.0 Å². The molecule has 0 N–H and O–H groups in total. The molecule has 1 atom stereocenters. The Balaban J connectivity index is 1.98. The van der Waals surface area contributed by atoms with Gasteiger partial charge in [0.15, 0.2) is 0 Å². The highest BCUT2D eigenvalue weighted by Crippen LogP contribution is 2.38. The maximum Gasteiger partial charge on any atom is 0.0624 e. The van der Waals surface area contributed by atoms with E-state index in [1.165, 1.54) is 45.1 Å². The number of rotatable bonds is 2. The van der Waals surface area contributed by atoms with Crippen molar-refractivity contribution in [3.05, 3.63) is 0 Å². The zero-order valence-corrected chi connectivity index (χ0v) is 10.7. The van der Waals surface area contributed by atoms with E-state index < -0.39 is 0 Å². The van der Waals surface area contributed by atoms with Gasteiger partial charge in [-0.15, -0.1) is 0 Å². The molecule has 90 valence electrons. The third-order valence-electron chi connectivity index (χ3n) is 4.49. The van der Waals surface area contributed by atoms with Crippen LogP contribution in [0.2, 0.25) is 0 Å². The van der Waals surface area contributed by atoms with Gasteiger partial charge in [-0.25, -0.2) is 0 Å². The number of nitriles is 1. The van der Waals surface area contributed by atoms with Crippen molar-refractivity contribution < 1.29 is 0 Å². The van der Waals surface area contributed by atoms with Gasteiger partial charge in [0.1, 0.15) is 0 Å². The second-order valence-electron chi connectivity index (χ2n) is 6.17. The van der Waals surface area contributed by atoms with Crippen molar-refractivity contribution >= 4 is 0 Å². The average molecular weight is 220 g/mol. The average Bonchev–Trinajstić information content (AvgIpc) is 2.69. The molecule has 0 aromatic heterocycles. The van der Waals surface area contributed by atoms with E-state index in [0.717, 1.165) is 12.5 Å². The Morgan fingerprint density at radius 2 is 1.94 bits per heavy atom. The third kappa shape index (κ3) is 2.40. The lowest BCUT2D eigenvalue weighted by atomic mass is 9.80. The molecule has 0 bridgehead atoms. The minimum absolute atomic E-state index is 0.314. The van der Waals surface area contributed by atoms with Gasteiger partial charge in [0.25, 0.3) is 0 Å². The number of nitrogens with zero attached hydrogens (tertiary/aromatic N) is 2. The summed E-state index contributed by atoms with van der Waals surface area (Å²) in [6, 6.07) is 3.17. The Morgan fingerprint density at radius 1 is 1.25 bits per heavy atom. The van der Waals surface area contributed by atoms with Crippen LogP contribution in [0.3, 0.4) is 0 Å². The molecule has 2 fully saturated rings. The SMILES string of the molecule is CC1(C)CC(CC#N)CCN1C1CCCC1. The lowest BCUT2D eigenvalue weighted by Crippen LogP contribution is -2.53. The van der Waals surface area contributed by atoms with Crippen LogP contribution in [-0.4, -0.2) is 23.0 Å². The first-order chi connectivity index (χ1) is 7.63. The lowest BCUT2D eigenvalue weighted by Gasteiger charge is -2.48. The van der Waals surface area contributed by atoms with E-state index >= 15 is 0 Å². The summed E-state index contributed by atoms with van der Waals surface area (Å²) in [6.07, 6.45) is 8.81. The molecule has 0 spiro atoms. The highest BCUT2D eigenvalue weighted by molar-refractivity contribution is 4.95. The number of hydrogen-bond donors (Lipinski definition) is 0. The molecule has 1 saturated carbocycles. The van der Waals surface area contributed by atoms with Crippen molar-refractivity contribution in [3.8, 4) is 6.07 Å². The maximum absolute atomic E-state index is 8.80. The number of hydrogen-bond acceptors (Lipinski definition) is 2. The Hall–Kier alpha value is -0.550. The topological polar surface area (TPSA) is 27.0 Å². The van der Waals surface area contributed by atoms with Gasteiger partial charge in [0.05, 0.1) is 6.07 Å². The molecule has 2 aliphatic rings. The second-order valence-corrected chi connectivity index (χ2v) is 6.17. The molecule has 1 unspecified atom stereocenters. The van der Waals surface area contributed by atoms with Gasteiger partial charge in [0.2, 0.25) is 0 Å². The Morgan fingerprint density at radius 3 is 2.50 bits per heavy atom. The molecule has 0 aromatic rings. The third-order valence-corrected chi connectivity index (χ3v) is 4.49. The number of piperidine rings is 1. The van der Waals surface area contributed by atoms with E-state index in [1.807, 2.05) is 0 Å². The molecule has 2 heteroatoms. The van der Waals surface area contributed by atoms with Crippen LogP contribution in [0.1, 0.15) is 58.8 Å². The molecule has 2 nitrogen and oxygen atoms in total. The van der Waals surface area contributed by atoms with Gasteiger partial charge in [-0.1, -0.05) is 12.8 Å². The van der Waals surface area contributed by atoms with E-state index in [9.17, 15) is 0 Å². The van der Waals surface area contributed by atoms with Crippen molar-refractivity contribution in [2.24, 2.45) is 5.92 Å². The molecular weight excluding hydrogens is 196 g/mol. The zero-order chi connectivity index (χ0) is 11.6. The van der Waals surface area contributed by atoms with Gasteiger partial charge in [-0.3, -0.25) is 4.90 Å². The maximum atomic E-state index is 8.80. The predicted octanol–water partition coefficient (Wildman–Crippen LogP) is 3.33. The first-order valence-electron chi connectivity index (χ1n) is 6.77. The van der Waals surface area contributed by atoms with E-state index in [1.54, 1.807) is 0 Å². The molecule has 1 aliphatic heterocycles. The van der Waals surface area contributed by atoms with Crippen LogP contribution in [0, 0.1) is 17.2 Å². The lowest BCUT2D eigenvalue weighted by molar-refractivity contribution is 0.0120. The fraction of sp³-hybridized carbons (Fsp3) is 0.929. The zero-order valence-electron chi connectivity index (χ0n) is 10.7. The Kier molecular flexibility index (Phi) is 3.54. The van der Waals surface area contributed by atoms with E-state index in [2.05, 4.69) is 24.8 Å². The summed E-state index contributed by atoms with van der Waals surface area (Å²) in [5.41, 5.74) is 0.314. The first kappa shape index (κ1) is 11.9. The van der Waals surface area contributed by atoms with Gasteiger partial charge < -0.3 is 0 Å². The summed E-state index contributed by atoms with van der Waals surface area (Å²) >= 11 is 0. The molecule has 1 aliphatic carbocycles. The van der Waals surface area contributed by atoms with Crippen molar-refractivity contribution in [2.45, 2.75) is 70.4 Å². The molecule has 0 radical (unpaired) electrons. The summed E-state index contributed by atoms with van der Waals surface area (Å²) in [5, 5.41) is 8.80. The van der Waals surface area contributed by atoms with Crippen molar-refractivity contribution in [3.63, 3.8) is 0 Å². The fourth-order valence-electron chi connectivity index (χ4n) is 3.75. The van der Waals surface area contributed by atoms with Crippen LogP contribution in [0.25, 0.3) is 0 Å². The molecule has 1 heterocycles. The first-order valence-corrected chi connectivity index (χ1v) is 6.77. The van der Waals surface area contributed by atoms with E-state index in [0.29, 0.717) is 11.5 Å². The summed E-state index contributed by atoms with van der Waals surface area (Å²) in [4.78, 5) is 2.73. The minimum atomic E-state index is 0.314. The Bertz CT molecular complexity index is 271. The smallest absolute Gasteiger partial charge is 0.0624 e. The largest absolute Gasteiger partial charge is 0.295 e. The molecule has 0 amide bonds. The summed E-state index contributed by atoms with van der Waals surface area (Å²) in [6.45, 7) is 5.95. The summed E-state index contributed by atoms with van der Waals surface area (Å²) in [5.74, 6) is 0.637. The second kappa shape index (κ2) is 4.75. The highest BCUT2D eigenvalue weighted by atomic mass is 15.2. The quantitative estimate of drug-likeness (QED) is 0.713. The van der Waals surface area contributed by atoms with E-state index in [-0.39, 0.29) is 0 Å². The number of likely N-dealkylation sites (tertiary alicyclic amines) is 1. The van der Waals surface area contributed by atoms with Crippen LogP contribution in [0.5, 0.6) is 0 Å². The monoisotopic (exact) mass is 220 g/mol. The minimum Gasteiger partial charge on any atom is -0.295 e. The molecule has 16 heavy (non-hydrogen) atoms. The van der Waals surface area contributed by atoms with Crippen LogP contribution in [0.15, 0.2) is 0 Å². The highest BCUT2D eigenvalue weighted by Gasteiger charge is 2.38. The van der Waals surface area contributed by atoms with Gasteiger partial charge >= 0.3 is 0 Å². The van der Waals surface area contributed by atoms with Gasteiger partial charge in [-0.2, -0.15) is 5.26 Å². The van der Waals surface area contributed by atoms with Crippen molar-refractivity contribution in [1.82, 2.24) is 4.90 Å². The molecule has 1 saturated heterocycles. The predicted molar refractivity (Wildman–Crippen MR) is 66.0 cm³/mol. The van der Waals surface area contributed by atoms with Crippen molar-refractivity contribution in [1.29, 1.82) is 5.26 Å². The molecule has 2 rings (SSSR count). The van der Waals surface area contributed by atoms with Crippen LogP contribution >= 0.6 is 0 Å². The van der Waals surface area contributed by atoms with E-state index in [4.69, 9.17) is 5.26 Å². The van der Waals surface area contributed by atoms with Gasteiger partial charge in [0, 0.05) is 18.0 Å². The summed E-state index contributed by atoms with van der Waals surface area (Å²) in [7, 11) is 0. The van der Waals surface area contributed by atoms with Crippen LogP contribution < -0.4 is 0 Å². The fourth-order valence-corrected chi connectivity index (χ4v) is 3.75. The standard InChI is InChI=1S/C14H24N2/c1-14(2)11-12(7-9-15)8-10-16(14)13-5-3-4-6-13/h12-13H,3-8,10-11H2,1-2H3. The molecule has 0 aromatic carbocycles. The normalized spacial score (nSPS) is 31.4. The molecular formula is C14H24N2. The van der Waals surface area contributed by atoms with Crippen molar-refractivity contribution in [2.75, 3.05) is 6.54 Å². The Labute approximate surface area is 99.6 Å². The van der Waals surface area contributed by atoms with Crippen LogP contribution in [-0.2, 0) is 0 Å².